The van der Waals surface area contributed by atoms with Crippen molar-refractivity contribution in [3.8, 4) is 0 Å². The Bertz CT molecular complexity index is 226. The van der Waals surface area contributed by atoms with Crippen molar-refractivity contribution in [1.82, 2.24) is 4.90 Å². The van der Waals surface area contributed by atoms with E-state index in [0.717, 1.165) is 0 Å². The van der Waals surface area contributed by atoms with Gasteiger partial charge in [-0.25, -0.2) is 9.59 Å². The van der Waals surface area contributed by atoms with Crippen molar-refractivity contribution in [3.63, 3.8) is 0 Å². The summed E-state index contributed by atoms with van der Waals surface area (Å²) in [7, 11) is 1.30. The fraction of sp³-hybridized carbons (Fsp3) is 0.750. The molecule has 0 saturated carbocycles. The highest BCUT2D eigenvalue weighted by molar-refractivity contribution is 5.84. The number of cyclic esters (lactones) is 1. The number of rotatable bonds is 2. The normalized spacial score (nSPS) is 22.0. The van der Waals surface area contributed by atoms with Gasteiger partial charge in [0.05, 0.1) is 7.11 Å². The number of esters is 1. The molecule has 0 bridgehead atoms. The molecule has 1 aliphatic rings. The van der Waals surface area contributed by atoms with Crippen molar-refractivity contribution >= 4 is 12.1 Å². The second-order valence-corrected chi connectivity index (χ2v) is 3.12. The molecule has 5 nitrogen and oxygen atoms in total. The highest BCUT2D eigenvalue weighted by Crippen LogP contribution is 2.16. The molecule has 0 aliphatic carbocycles. The van der Waals surface area contributed by atoms with E-state index < -0.39 is 18.1 Å². The molecule has 74 valence electrons. The molecule has 1 saturated heterocycles. The molecule has 1 amide bonds. The van der Waals surface area contributed by atoms with Crippen LogP contribution >= 0.6 is 0 Å². The van der Waals surface area contributed by atoms with Gasteiger partial charge in [-0.15, -0.1) is 0 Å². The average Bonchev–Trinajstić information content (AvgIpc) is 2.45. The molecule has 0 radical (unpaired) electrons. The van der Waals surface area contributed by atoms with Crippen LogP contribution in [0, 0.1) is 0 Å². The van der Waals surface area contributed by atoms with Gasteiger partial charge in [0, 0.05) is 6.04 Å². The van der Waals surface area contributed by atoms with E-state index in [-0.39, 0.29) is 12.6 Å². The summed E-state index contributed by atoms with van der Waals surface area (Å²) in [5.41, 5.74) is 0. The van der Waals surface area contributed by atoms with Crippen LogP contribution in [0.15, 0.2) is 0 Å². The summed E-state index contributed by atoms with van der Waals surface area (Å²) in [6.07, 6.45) is -0.453. The molecule has 1 aliphatic heterocycles. The Balaban J connectivity index is 2.75. The summed E-state index contributed by atoms with van der Waals surface area (Å²) in [6, 6.07) is -0.642. The molecule has 1 rings (SSSR count). The number of ether oxygens (including phenoxy) is 2. The summed E-state index contributed by atoms with van der Waals surface area (Å²) in [6.45, 7) is 3.73. The molecule has 0 aromatic rings. The second-order valence-electron chi connectivity index (χ2n) is 3.12. The number of amides is 1. The van der Waals surface area contributed by atoms with Crippen LogP contribution in [0.4, 0.5) is 4.79 Å². The third-order valence-corrected chi connectivity index (χ3v) is 1.94. The highest BCUT2D eigenvalue weighted by atomic mass is 16.6. The molecule has 0 N–H and O–H groups in total. The lowest BCUT2D eigenvalue weighted by Crippen LogP contribution is -2.44. The first-order valence-corrected chi connectivity index (χ1v) is 4.11. The van der Waals surface area contributed by atoms with Crippen molar-refractivity contribution in [2.75, 3.05) is 13.7 Å². The summed E-state index contributed by atoms with van der Waals surface area (Å²) in [4.78, 5) is 23.7. The van der Waals surface area contributed by atoms with Crippen LogP contribution in [0.2, 0.25) is 0 Å². The molecular weight excluding hydrogens is 174 g/mol. The Morgan fingerprint density at radius 1 is 1.69 bits per heavy atom. The van der Waals surface area contributed by atoms with E-state index in [1.807, 2.05) is 13.8 Å². The van der Waals surface area contributed by atoms with Crippen molar-refractivity contribution in [1.29, 1.82) is 0 Å². The maximum atomic E-state index is 11.2. The monoisotopic (exact) mass is 187 g/mol. The molecule has 0 aromatic heterocycles. The van der Waals surface area contributed by atoms with Crippen LogP contribution in [0.1, 0.15) is 13.8 Å². The van der Waals surface area contributed by atoms with Crippen LogP contribution in [-0.4, -0.2) is 42.8 Å². The molecule has 1 heterocycles. The van der Waals surface area contributed by atoms with Crippen LogP contribution in [0.25, 0.3) is 0 Å². The van der Waals surface area contributed by atoms with Gasteiger partial charge in [0.1, 0.15) is 6.61 Å². The van der Waals surface area contributed by atoms with Gasteiger partial charge in [-0.1, -0.05) is 0 Å². The number of hydrogen-bond acceptors (Lipinski definition) is 4. The van der Waals surface area contributed by atoms with Gasteiger partial charge in [0.2, 0.25) is 0 Å². The third-order valence-electron chi connectivity index (χ3n) is 1.94. The van der Waals surface area contributed by atoms with Gasteiger partial charge in [-0.05, 0) is 13.8 Å². The van der Waals surface area contributed by atoms with Gasteiger partial charge in [0.15, 0.2) is 6.04 Å². The Labute approximate surface area is 76.6 Å². The number of hydrogen-bond donors (Lipinski definition) is 0. The second kappa shape index (κ2) is 3.64. The maximum absolute atomic E-state index is 11.2. The number of nitrogens with zero attached hydrogens (tertiary/aromatic N) is 1. The van der Waals surface area contributed by atoms with E-state index in [1.165, 1.54) is 12.0 Å². The molecule has 0 unspecified atom stereocenters. The zero-order valence-electron chi connectivity index (χ0n) is 7.94. The van der Waals surface area contributed by atoms with Crippen LogP contribution < -0.4 is 0 Å². The van der Waals surface area contributed by atoms with Gasteiger partial charge < -0.3 is 9.47 Å². The minimum atomic E-state index is -0.586. The maximum Gasteiger partial charge on any atom is 0.410 e. The first-order valence-electron chi connectivity index (χ1n) is 4.11. The smallest absolute Gasteiger partial charge is 0.410 e. The first-order chi connectivity index (χ1) is 6.07. The summed E-state index contributed by atoms with van der Waals surface area (Å²) >= 11 is 0. The lowest BCUT2D eigenvalue weighted by Gasteiger charge is -2.22. The van der Waals surface area contributed by atoms with Crippen molar-refractivity contribution in [2.24, 2.45) is 0 Å². The first kappa shape index (κ1) is 9.83. The Hall–Kier alpha value is -1.26. The van der Waals surface area contributed by atoms with E-state index in [0.29, 0.717) is 0 Å². The predicted molar refractivity (Wildman–Crippen MR) is 44.1 cm³/mol. The van der Waals surface area contributed by atoms with E-state index in [1.54, 1.807) is 0 Å². The molecule has 5 heteroatoms. The molecule has 0 spiro atoms. The Kier molecular flexibility index (Phi) is 2.75. The zero-order valence-corrected chi connectivity index (χ0v) is 7.94. The average molecular weight is 187 g/mol. The van der Waals surface area contributed by atoms with E-state index in [2.05, 4.69) is 4.74 Å². The van der Waals surface area contributed by atoms with Gasteiger partial charge in [-0.2, -0.15) is 0 Å². The van der Waals surface area contributed by atoms with E-state index in [4.69, 9.17) is 4.74 Å². The minimum Gasteiger partial charge on any atom is -0.467 e. The van der Waals surface area contributed by atoms with Crippen LogP contribution in [0.5, 0.6) is 0 Å². The molecular formula is C8H13NO4. The predicted octanol–water partition coefficient (Wildman–Crippen LogP) is 0.389. The van der Waals surface area contributed by atoms with Gasteiger partial charge >= 0.3 is 12.1 Å². The zero-order chi connectivity index (χ0) is 10.0. The number of carbonyl (C=O) groups is 2. The third kappa shape index (κ3) is 1.74. The minimum absolute atomic E-state index is 0.0564. The topological polar surface area (TPSA) is 55.8 Å². The van der Waals surface area contributed by atoms with Gasteiger partial charge in [-0.3, -0.25) is 4.90 Å². The fourth-order valence-electron chi connectivity index (χ4n) is 1.32. The summed E-state index contributed by atoms with van der Waals surface area (Å²) in [5, 5.41) is 0. The molecule has 13 heavy (non-hydrogen) atoms. The summed E-state index contributed by atoms with van der Waals surface area (Å²) in [5.74, 6) is -0.431. The Morgan fingerprint density at radius 2 is 2.31 bits per heavy atom. The lowest BCUT2D eigenvalue weighted by atomic mass is 10.2. The lowest BCUT2D eigenvalue weighted by molar-refractivity contribution is -0.145. The quantitative estimate of drug-likeness (QED) is 0.587. The highest BCUT2D eigenvalue weighted by Gasteiger charge is 2.40. The number of carbonyl (C=O) groups excluding carboxylic acids is 2. The number of methoxy groups -OCH3 is 1. The molecule has 1 fully saturated rings. The fourth-order valence-corrected chi connectivity index (χ4v) is 1.32. The van der Waals surface area contributed by atoms with E-state index in [9.17, 15) is 9.59 Å². The molecule has 1 atom stereocenters. The Morgan fingerprint density at radius 3 is 2.77 bits per heavy atom. The van der Waals surface area contributed by atoms with Crippen molar-refractivity contribution in [2.45, 2.75) is 25.9 Å². The van der Waals surface area contributed by atoms with E-state index >= 15 is 0 Å². The summed E-state index contributed by atoms with van der Waals surface area (Å²) < 4.78 is 9.30. The van der Waals surface area contributed by atoms with Gasteiger partial charge in [0.25, 0.3) is 0 Å². The SMILES string of the molecule is COC(=O)[C@H]1COC(=O)N1C(C)C. The standard InChI is InChI=1S/C8H13NO4/c1-5(2)9-6(7(10)12-3)4-13-8(9)11/h5-6H,4H2,1-3H3/t6-/m1/s1. The van der Waals surface area contributed by atoms with Crippen LogP contribution in [-0.2, 0) is 14.3 Å². The molecule has 0 aromatic carbocycles. The van der Waals surface area contributed by atoms with Crippen molar-refractivity contribution < 1.29 is 19.1 Å². The van der Waals surface area contributed by atoms with Crippen LogP contribution in [0.3, 0.4) is 0 Å². The largest absolute Gasteiger partial charge is 0.467 e. The van der Waals surface area contributed by atoms with Crippen molar-refractivity contribution in [3.05, 3.63) is 0 Å².